The SMILES string of the molecule is N#CCCc1c(Cl)cccc1CO. The number of aliphatic hydroxyl groups excluding tert-OH is 1. The number of nitrogens with zero attached hydrogens (tertiary/aromatic N) is 1. The van der Waals surface area contributed by atoms with E-state index in [2.05, 4.69) is 6.07 Å². The second-order valence-corrected chi connectivity index (χ2v) is 3.10. The molecule has 0 bridgehead atoms. The summed E-state index contributed by atoms with van der Waals surface area (Å²) in [6.45, 7) is -0.0265. The second kappa shape index (κ2) is 4.86. The van der Waals surface area contributed by atoms with Gasteiger partial charge in [-0.25, -0.2) is 0 Å². The predicted molar refractivity (Wildman–Crippen MR) is 51.3 cm³/mol. The van der Waals surface area contributed by atoms with Crippen LogP contribution >= 0.6 is 11.6 Å². The lowest BCUT2D eigenvalue weighted by molar-refractivity contribution is 0.280. The fourth-order valence-corrected chi connectivity index (χ4v) is 1.50. The molecular weight excluding hydrogens is 186 g/mol. The first-order chi connectivity index (χ1) is 6.29. The maximum absolute atomic E-state index is 9.00. The van der Waals surface area contributed by atoms with Gasteiger partial charge in [0.05, 0.1) is 12.7 Å². The lowest BCUT2D eigenvalue weighted by atomic mass is 10.0. The van der Waals surface area contributed by atoms with Crippen molar-refractivity contribution in [2.45, 2.75) is 19.4 Å². The minimum absolute atomic E-state index is 0.0265. The van der Waals surface area contributed by atoms with E-state index >= 15 is 0 Å². The molecule has 0 aliphatic heterocycles. The first kappa shape index (κ1) is 10.0. The van der Waals surface area contributed by atoms with E-state index in [1.165, 1.54) is 0 Å². The zero-order valence-electron chi connectivity index (χ0n) is 7.13. The van der Waals surface area contributed by atoms with Crippen molar-refractivity contribution < 1.29 is 5.11 Å². The first-order valence-corrected chi connectivity index (χ1v) is 4.41. The molecule has 0 aliphatic carbocycles. The van der Waals surface area contributed by atoms with Gasteiger partial charge in [-0.05, 0) is 23.6 Å². The molecule has 13 heavy (non-hydrogen) atoms. The topological polar surface area (TPSA) is 44.0 Å². The maximum Gasteiger partial charge on any atom is 0.0685 e. The van der Waals surface area contributed by atoms with Crippen molar-refractivity contribution in [1.82, 2.24) is 0 Å². The molecule has 0 aliphatic rings. The molecule has 68 valence electrons. The van der Waals surface area contributed by atoms with Crippen molar-refractivity contribution >= 4 is 11.6 Å². The number of hydrogen-bond acceptors (Lipinski definition) is 2. The Morgan fingerprint density at radius 3 is 2.85 bits per heavy atom. The van der Waals surface area contributed by atoms with Gasteiger partial charge in [-0.2, -0.15) is 5.26 Å². The van der Waals surface area contributed by atoms with Crippen LogP contribution in [0.3, 0.4) is 0 Å². The van der Waals surface area contributed by atoms with Gasteiger partial charge in [0.2, 0.25) is 0 Å². The molecule has 1 aromatic carbocycles. The van der Waals surface area contributed by atoms with Crippen LogP contribution in [0.4, 0.5) is 0 Å². The third-order valence-electron chi connectivity index (χ3n) is 1.87. The normalized spacial score (nSPS) is 9.62. The van der Waals surface area contributed by atoms with Gasteiger partial charge >= 0.3 is 0 Å². The van der Waals surface area contributed by atoms with E-state index in [0.29, 0.717) is 17.9 Å². The molecule has 0 heterocycles. The zero-order chi connectivity index (χ0) is 9.68. The Bertz CT molecular complexity index is 330. The van der Waals surface area contributed by atoms with Crippen LogP contribution in [0.15, 0.2) is 18.2 Å². The van der Waals surface area contributed by atoms with E-state index in [1.807, 2.05) is 6.07 Å². The minimum atomic E-state index is -0.0265. The van der Waals surface area contributed by atoms with Crippen LogP contribution < -0.4 is 0 Å². The summed E-state index contributed by atoms with van der Waals surface area (Å²) in [5, 5.41) is 18.1. The highest BCUT2D eigenvalue weighted by molar-refractivity contribution is 6.31. The number of halogens is 1. The highest BCUT2D eigenvalue weighted by Crippen LogP contribution is 2.21. The van der Waals surface area contributed by atoms with Gasteiger partial charge in [0.25, 0.3) is 0 Å². The smallest absolute Gasteiger partial charge is 0.0685 e. The van der Waals surface area contributed by atoms with Crippen LogP contribution in [0.1, 0.15) is 17.5 Å². The highest BCUT2D eigenvalue weighted by atomic mass is 35.5. The molecule has 0 amide bonds. The average molecular weight is 196 g/mol. The molecule has 1 aromatic rings. The van der Waals surface area contributed by atoms with Crippen LogP contribution in [0, 0.1) is 11.3 Å². The van der Waals surface area contributed by atoms with Crippen LogP contribution in [0.5, 0.6) is 0 Å². The first-order valence-electron chi connectivity index (χ1n) is 4.03. The summed E-state index contributed by atoms with van der Waals surface area (Å²) in [6, 6.07) is 7.44. The second-order valence-electron chi connectivity index (χ2n) is 2.69. The van der Waals surface area contributed by atoms with Crippen LogP contribution in [-0.4, -0.2) is 5.11 Å². The van der Waals surface area contributed by atoms with Crippen LogP contribution in [0.25, 0.3) is 0 Å². The van der Waals surface area contributed by atoms with Crippen molar-refractivity contribution in [2.75, 3.05) is 0 Å². The standard InChI is InChI=1S/C10H10ClNO/c11-10-5-1-3-8(7-13)9(10)4-2-6-12/h1,3,5,13H,2,4,7H2. The van der Waals surface area contributed by atoms with Gasteiger partial charge in [-0.1, -0.05) is 23.7 Å². The molecule has 1 rings (SSSR count). The van der Waals surface area contributed by atoms with Gasteiger partial charge in [0, 0.05) is 11.4 Å². The van der Waals surface area contributed by atoms with E-state index in [0.717, 1.165) is 11.1 Å². The molecule has 2 nitrogen and oxygen atoms in total. The fraction of sp³-hybridized carbons (Fsp3) is 0.300. The Kier molecular flexibility index (Phi) is 3.75. The highest BCUT2D eigenvalue weighted by Gasteiger charge is 2.04. The summed E-state index contributed by atoms with van der Waals surface area (Å²) < 4.78 is 0. The van der Waals surface area contributed by atoms with Gasteiger partial charge in [0.15, 0.2) is 0 Å². The lowest BCUT2D eigenvalue weighted by Gasteiger charge is -2.06. The molecule has 0 unspecified atom stereocenters. The van der Waals surface area contributed by atoms with Gasteiger partial charge < -0.3 is 5.11 Å². The van der Waals surface area contributed by atoms with Crippen molar-refractivity contribution in [3.8, 4) is 6.07 Å². The molecule has 0 saturated heterocycles. The molecule has 0 atom stereocenters. The molecule has 0 spiro atoms. The Morgan fingerprint density at radius 1 is 1.46 bits per heavy atom. The summed E-state index contributed by atoms with van der Waals surface area (Å²) in [5.74, 6) is 0. The molecule has 3 heteroatoms. The van der Waals surface area contributed by atoms with Crippen LogP contribution in [0.2, 0.25) is 5.02 Å². The Morgan fingerprint density at radius 2 is 2.23 bits per heavy atom. The van der Waals surface area contributed by atoms with E-state index in [1.54, 1.807) is 12.1 Å². The van der Waals surface area contributed by atoms with Gasteiger partial charge in [-0.3, -0.25) is 0 Å². The quantitative estimate of drug-likeness (QED) is 0.804. The summed E-state index contributed by atoms with van der Waals surface area (Å²) in [5.41, 5.74) is 1.69. The molecule has 0 fully saturated rings. The van der Waals surface area contributed by atoms with Crippen molar-refractivity contribution in [2.24, 2.45) is 0 Å². The summed E-state index contributed by atoms with van der Waals surface area (Å²) in [6.07, 6.45) is 1.03. The molecule has 0 saturated carbocycles. The van der Waals surface area contributed by atoms with Crippen molar-refractivity contribution in [1.29, 1.82) is 5.26 Å². The largest absolute Gasteiger partial charge is 0.392 e. The summed E-state index contributed by atoms with van der Waals surface area (Å²) in [4.78, 5) is 0. The monoisotopic (exact) mass is 195 g/mol. The van der Waals surface area contributed by atoms with E-state index < -0.39 is 0 Å². The number of aliphatic hydroxyl groups is 1. The minimum Gasteiger partial charge on any atom is -0.392 e. The molecule has 0 radical (unpaired) electrons. The fourth-order valence-electron chi connectivity index (χ4n) is 1.21. The Labute approximate surface area is 82.4 Å². The van der Waals surface area contributed by atoms with E-state index in [4.69, 9.17) is 22.0 Å². The third-order valence-corrected chi connectivity index (χ3v) is 2.23. The lowest BCUT2D eigenvalue weighted by Crippen LogP contribution is -1.94. The van der Waals surface area contributed by atoms with Gasteiger partial charge in [-0.15, -0.1) is 0 Å². The predicted octanol–water partition coefficient (Wildman–Crippen LogP) is 2.29. The number of hydrogen-bond donors (Lipinski definition) is 1. The Balaban J connectivity index is 2.95. The van der Waals surface area contributed by atoms with Crippen LogP contribution in [-0.2, 0) is 13.0 Å². The van der Waals surface area contributed by atoms with Gasteiger partial charge in [0.1, 0.15) is 0 Å². The maximum atomic E-state index is 9.00. The Hall–Kier alpha value is -1.04. The number of nitriles is 1. The average Bonchev–Trinajstić information content (AvgIpc) is 2.15. The summed E-state index contributed by atoms with van der Waals surface area (Å²) in [7, 11) is 0. The number of rotatable bonds is 3. The van der Waals surface area contributed by atoms with E-state index in [-0.39, 0.29) is 6.61 Å². The molecule has 1 N–H and O–H groups in total. The molecular formula is C10H10ClNO. The molecule has 0 aromatic heterocycles. The third kappa shape index (κ3) is 2.45. The number of benzene rings is 1. The van der Waals surface area contributed by atoms with E-state index in [9.17, 15) is 0 Å². The van der Waals surface area contributed by atoms with Crippen molar-refractivity contribution in [3.63, 3.8) is 0 Å². The zero-order valence-corrected chi connectivity index (χ0v) is 7.88. The summed E-state index contributed by atoms with van der Waals surface area (Å²) >= 11 is 5.92. The van der Waals surface area contributed by atoms with Crippen molar-refractivity contribution in [3.05, 3.63) is 34.3 Å².